The Labute approximate surface area is 267 Å². The number of carbonyl (C=O) groups is 2. The molecule has 2 fully saturated rings. The van der Waals surface area contributed by atoms with E-state index in [0.717, 1.165) is 5.56 Å². The van der Waals surface area contributed by atoms with Crippen LogP contribution in [0.2, 0.25) is 0 Å². The lowest BCUT2D eigenvalue weighted by molar-refractivity contribution is -0.141. The van der Waals surface area contributed by atoms with E-state index in [0.29, 0.717) is 74.1 Å². The number of aliphatic imine (C=N–C) groups is 1. The Morgan fingerprint density at radius 2 is 1.40 bits per heavy atom. The van der Waals surface area contributed by atoms with Gasteiger partial charge in [0.1, 0.15) is 32.0 Å². The molecule has 2 saturated carbocycles. The van der Waals surface area contributed by atoms with E-state index in [2.05, 4.69) is 0 Å². The second kappa shape index (κ2) is 13.6. The van der Waals surface area contributed by atoms with E-state index in [-0.39, 0.29) is 29.3 Å². The summed E-state index contributed by atoms with van der Waals surface area (Å²) in [7, 11) is -5.60. The van der Waals surface area contributed by atoms with Crippen molar-refractivity contribution in [1.82, 2.24) is 0 Å². The number of fused-ring (bicyclic) bond motifs is 1. The van der Waals surface area contributed by atoms with Gasteiger partial charge in [0.15, 0.2) is 5.75 Å². The maximum absolute atomic E-state index is 13.3. The van der Waals surface area contributed by atoms with Crippen LogP contribution in [0, 0.1) is 17.8 Å². The Kier molecular flexibility index (Phi) is 9.98. The maximum atomic E-state index is 13.3. The van der Waals surface area contributed by atoms with Crippen molar-refractivity contribution in [1.29, 1.82) is 0 Å². The van der Waals surface area contributed by atoms with Crippen molar-refractivity contribution >= 4 is 50.0 Å². The second-order valence-electron chi connectivity index (χ2n) is 13.0. The van der Waals surface area contributed by atoms with Gasteiger partial charge in [-0.25, -0.2) is 21.8 Å². The molecule has 242 valence electrons. The van der Waals surface area contributed by atoms with E-state index in [4.69, 9.17) is 14.5 Å². The molecular weight excluding hydrogens is 615 g/mol. The molecule has 0 N–H and O–H groups in total. The number of allylic oxidation sites excluding steroid dienone is 1. The number of benzene rings is 2. The Morgan fingerprint density at radius 1 is 0.844 bits per heavy atom. The molecule has 0 saturated heterocycles. The maximum Gasteiger partial charge on any atom is 0.314 e. The lowest BCUT2D eigenvalue weighted by atomic mass is 9.80. The molecule has 5 rings (SSSR count). The molecule has 2 aromatic rings. The van der Waals surface area contributed by atoms with Crippen molar-refractivity contribution in [3.63, 3.8) is 0 Å². The molecule has 2 aromatic carbocycles. The van der Waals surface area contributed by atoms with Crippen molar-refractivity contribution in [3.05, 3.63) is 59.7 Å². The molecule has 3 aliphatic rings. The molecule has 0 bridgehead atoms. The Hall–Kier alpha value is -3.31. The zero-order valence-electron chi connectivity index (χ0n) is 25.9. The van der Waals surface area contributed by atoms with E-state index in [1.54, 1.807) is 12.1 Å². The highest BCUT2D eigenvalue weighted by molar-refractivity contribution is 7.91. The minimum atomic E-state index is -3.16. The predicted octanol–water partition coefficient (Wildman–Crippen LogP) is 5.60. The topological polar surface area (TPSA) is 133 Å². The van der Waals surface area contributed by atoms with Crippen LogP contribution < -0.4 is 9.47 Å². The highest BCUT2D eigenvalue weighted by atomic mass is 32.2. The first-order chi connectivity index (χ1) is 21.3. The minimum Gasteiger partial charge on any atom is -0.426 e. The van der Waals surface area contributed by atoms with Gasteiger partial charge >= 0.3 is 11.9 Å². The molecule has 9 nitrogen and oxygen atoms in total. The van der Waals surface area contributed by atoms with Crippen molar-refractivity contribution in [2.24, 2.45) is 22.7 Å². The van der Waals surface area contributed by atoms with E-state index in [1.807, 2.05) is 56.3 Å². The van der Waals surface area contributed by atoms with E-state index in [9.17, 15) is 26.4 Å². The van der Waals surface area contributed by atoms with Gasteiger partial charge in [0.25, 0.3) is 0 Å². The molecule has 0 unspecified atom stereocenters. The third-order valence-corrected chi connectivity index (χ3v) is 12.0. The summed E-state index contributed by atoms with van der Waals surface area (Å²) in [6, 6.07) is 13.0. The van der Waals surface area contributed by atoms with Gasteiger partial charge in [-0.1, -0.05) is 36.4 Å². The van der Waals surface area contributed by atoms with Crippen LogP contribution in [-0.2, 0) is 35.5 Å². The third-order valence-electron chi connectivity index (χ3n) is 9.46. The summed E-state index contributed by atoms with van der Waals surface area (Å²) >= 11 is 0. The molecule has 11 heteroatoms. The number of carbonyl (C=O) groups excluding carboxylic acids is 2. The number of sulfone groups is 1. The average Bonchev–Trinajstić information content (AvgIpc) is 3.27. The van der Waals surface area contributed by atoms with Gasteiger partial charge in [-0.3, -0.25) is 9.59 Å². The first-order valence-corrected chi connectivity index (χ1v) is 18.9. The highest BCUT2D eigenvalue weighted by Gasteiger charge is 2.41. The van der Waals surface area contributed by atoms with Crippen LogP contribution >= 0.6 is 0 Å². The SMILES string of the molecule is CC1(C)C(/C=C/c2ccccc2)=Nc2c(OC(=O)C3CCC(C[SH](=O)=O)CC3)ccc(OC(=O)[C@H]3CC[C@H](S(C)(=O)=O)CC3)c21. The number of esters is 2. The summed E-state index contributed by atoms with van der Waals surface area (Å²) < 4.78 is 58.2. The van der Waals surface area contributed by atoms with Gasteiger partial charge in [0.2, 0.25) is 0 Å². The Balaban J connectivity index is 1.39. The van der Waals surface area contributed by atoms with Crippen LogP contribution in [0.5, 0.6) is 11.5 Å². The fraction of sp³-hybridized carbons (Fsp3) is 0.500. The summed E-state index contributed by atoms with van der Waals surface area (Å²) in [5.41, 5.74) is 2.08. The number of hydrogen-bond donors (Lipinski definition) is 1. The molecule has 0 spiro atoms. The van der Waals surface area contributed by atoms with Gasteiger partial charge in [0.05, 0.1) is 28.6 Å². The molecule has 1 aliphatic heterocycles. The molecular formula is C34H41NO8S2. The molecule has 0 aromatic heterocycles. The lowest BCUT2D eigenvalue weighted by Gasteiger charge is -2.28. The lowest BCUT2D eigenvalue weighted by Crippen LogP contribution is -2.32. The van der Waals surface area contributed by atoms with Crippen LogP contribution in [0.3, 0.4) is 0 Å². The van der Waals surface area contributed by atoms with Crippen LogP contribution in [0.4, 0.5) is 5.69 Å². The zero-order chi connectivity index (χ0) is 32.4. The summed E-state index contributed by atoms with van der Waals surface area (Å²) in [5.74, 6) is -0.698. The number of ether oxygens (including phenoxy) is 2. The van der Waals surface area contributed by atoms with Gasteiger partial charge in [-0.05, 0) is 94.9 Å². The van der Waals surface area contributed by atoms with E-state index in [1.165, 1.54) is 6.26 Å². The monoisotopic (exact) mass is 655 g/mol. The highest BCUT2D eigenvalue weighted by Crippen LogP contribution is 2.51. The van der Waals surface area contributed by atoms with Crippen LogP contribution in [0.15, 0.2) is 53.5 Å². The standard InChI is InChI=1S/C34H41NO8S2/c1-34(2)29(20-11-22-7-5-4-6-8-22)35-31-28(43-33(37)24-12-9-23(10-13-24)21-44(38)39)19-18-27(30(31)34)42-32(36)25-14-16-26(17-15-25)45(3,40)41/h4-8,11,18-20,23-26,44H,9-10,12-17,21H2,1-3H3/b20-11+/t23?,24?,25-,26-. The minimum absolute atomic E-state index is 0.0687. The fourth-order valence-corrected chi connectivity index (χ4v) is 8.63. The van der Waals surface area contributed by atoms with Crippen LogP contribution in [-0.4, -0.2) is 51.7 Å². The normalized spacial score (nSPS) is 24.7. The smallest absolute Gasteiger partial charge is 0.314 e. The van der Waals surface area contributed by atoms with Crippen LogP contribution in [0.1, 0.15) is 76.3 Å². The summed E-state index contributed by atoms with van der Waals surface area (Å²) in [5, 5.41) is -0.433. The van der Waals surface area contributed by atoms with E-state index >= 15 is 0 Å². The number of nitrogens with zero attached hydrogens (tertiary/aromatic N) is 1. The van der Waals surface area contributed by atoms with Crippen molar-refractivity contribution in [2.75, 3.05) is 12.0 Å². The Morgan fingerprint density at radius 3 is 1.98 bits per heavy atom. The zero-order valence-corrected chi connectivity index (χ0v) is 27.6. The predicted molar refractivity (Wildman–Crippen MR) is 175 cm³/mol. The molecule has 0 radical (unpaired) electrons. The Bertz CT molecular complexity index is 1670. The first-order valence-electron chi connectivity index (χ1n) is 15.6. The molecule has 1 heterocycles. The number of rotatable bonds is 9. The van der Waals surface area contributed by atoms with Gasteiger partial charge < -0.3 is 9.47 Å². The summed E-state index contributed by atoms with van der Waals surface area (Å²) in [6.07, 6.45) is 9.27. The third kappa shape index (κ3) is 7.74. The fourth-order valence-electron chi connectivity index (χ4n) is 6.71. The van der Waals surface area contributed by atoms with Gasteiger partial charge in [0, 0.05) is 17.2 Å². The van der Waals surface area contributed by atoms with Crippen LogP contribution in [0.25, 0.3) is 6.08 Å². The number of thiol groups is 1. The van der Waals surface area contributed by atoms with Crippen molar-refractivity contribution < 1.29 is 35.9 Å². The quantitative estimate of drug-likeness (QED) is 0.210. The largest absolute Gasteiger partial charge is 0.426 e. The summed E-state index contributed by atoms with van der Waals surface area (Å²) in [6.45, 7) is 3.96. The molecule has 0 amide bonds. The molecule has 0 atom stereocenters. The second-order valence-corrected chi connectivity index (χ2v) is 16.4. The van der Waals surface area contributed by atoms with E-state index < -0.39 is 43.1 Å². The molecule has 2 aliphatic carbocycles. The van der Waals surface area contributed by atoms with Crippen molar-refractivity contribution in [2.45, 2.75) is 75.9 Å². The first kappa shape index (κ1) is 33.1. The summed E-state index contributed by atoms with van der Waals surface area (Å²) in [4.78, 5) is 31.5. The van der Waals surface area contributed by atoms with Crippen molar-refractivity contribution in [3.8, 4) is 11.5 Å². The average molecular weight is 656 g/mol. The van der Waals surface area contributed by atoms with Gasteiger partial charge in [-0.2, -0.15) is 0 Å². The van der Waals surface area contributed by atoms with Gasteiger partial charge in [-0.15, -0.1) is 0 Å². The number of hydrogen-bond acceptors (Lipinski definition) is 9. The molecule has 45 heavy (non-hydrogen) atoms.